The van der Waals surface area contributed by atoms with Crippen LogP contribution in [0.1, 0.15) is 87.2 Å². The van der Waals surface area contributed by atoms with Crippen LogP contribution in [0.15, 0.2) is 60.8 Å². The van der Waals surface area contributed by atoms with Gasteiger partial charge in [0.1, 0.15) is 18.0 Å². The van der Waals surface area contributed by atoms with Gasteiger partial charge >= 0.3 is 0 Å². The highest BCUT2D eigenvalue weighted by Gasteiger charge is 2.46. The van der Waals surface area contributed by atoms with Gasteiger partial charge in [0.25, 0.3) is 5.82 Å². The molecule has 6 nitrogen and oxygen atoms in total. The van der Waals surface area contributed by atoms with E-state index < -0.39 is 0 Å². The zero-order valence-electron chi connectivity index (χ0n) is 21.8. The third-order valence-corrected chi connectivity index (χ3v) is 8.29. The molecule has 0 bridgehead atoms. The molecule has 1 amide bonds. The van der Waals surface area contributed by atoms with Crippen LogP contribution in [-0.4, -0.2) is 29.8 Å². The molecule has 2 aromatic carbocycles. The minimum atomic E-state index is -0.140. The van der Waals surface area contributed by atoms with Crippen molar-refractivity contribution in [1.29, 1.82) is 0 Å². The van der Waals surface area contributed by atoms with Gasteiger partial charge in [0, 0.05) is 12.0 Å². The Morgan fingerprint density at radius 2 is 1.78 bits per heavy atom. The number of carbonyl (C=O) groups is 2. The van der Waals surface area contributed by atoms with Crippen molar-refractivity contribution in [3.05, 3.63) is 77.7 Å². The number of hydrogen-bond donors (Lipinski definition) is 3. The van der Waals surface area contributed by atoms with Crippen LogP contribution in [0.3, 0.4) is 0 Å². The van der Waals surface area contributed by atoms with Crippen LogP contribution in [0.25, 0.3) is 11.3 Å². The molecule has 0 radical (unpaired) electrons. The molecule has 2 heterocycles. The van der Waals surface area contributed by atoms with Crippen molar-refractivity contribution in [2.45, 2.75) is 75.7 Å². The Morgan fingerprint density at radius 3 is 2.57 bits per heavy atom. The van der Waals surface area contributed by atoms with Crippen molar-refractivity contribution in [3.8, 4) is 11.3 Å². The van der Waals surface area contributed by atoms with Gasteiger partial charge in [0.15, 0.2) is 5.69 Å². The van der Waals surface area contributed by atoms with Gasteiger partial charge in [-0.25, -0.2) is 9.97 Å². The van der Waals surface area contributed by atoms with Crippen molar-refractivity contribution in [2.75, 3.05) is 13.1 Å². The number of aromatic amines is 2. The molecule has 1 aromatic heterocycles. The molecule has 1 spiro atoms. The molecule has 2 atom stereocenters. The molecule has 6 heteroatoms. The molecular formula is C31H39N4O2+. The van der Waals surface area contributed by atoms with E-state index in [-0.39, 0.29) is 29.1 Å². The van der Waals surface area contributed by atoms with Crippen molar-refractivity contribution < 1.29 is 14.6 Å². The summed E-state index contributed by atoms with van der Waals surface area (Å²) in [6.45, 7) is 3.66. The van der Waals surface area contributed by atoms with E-state index in [1.54, 1.807) is 6.92 Å². The summed E-state index contributed by atoms with van der Waals surface area (Å²) in [6.07, 6.45) is 9.28. The number of rotatable bonds is 10. The lowest BCUT2D eigenvalue weighted by atomic mass is 9.74. The van der Waals surface area contributed by atoms with Gasteiger partial charge in [-0.3, -0.25) is 4.79 Å². The monoisotopic (exact) mass is 499 g/mol. The molecule has 4 N–H and O–H groups in total. The number of unbranched alkanes of at least 4 members (excludes halogenated alkanes) is 2. The smallest absolute Gasteiger partial charge is 0.275 e. The normalized spacial score (nSPS) is 18.9. The third-order valence-electron chi connectivity index (χ3n) is 8.29. The number of hydrogen-bond acceptors (Lipinski definition) is 3. The maximum atomic E-state index is 13.9. The summed E-state index contributed by atoms with van der Waals surface area (Å²) in [6, 6.07) is 18.7. The van der Waals surface area contributed by atoms with E-state index in [9.17, 15) is 9.59 Å². The third kappa shape index (κ3) is 5.69. The molecule has 1 fully saturated rings. The standard InChI is InChI=1S/C31H38N4O2/c1-22(36)10-4-2-7-15-27(29-33-21-28(34-29)23-11-5-3-6-12-23)35-30(37)25-20-31(16-18-32-19-17-31)26-14-9-8-13-24(25)26/h3,5-6,8-9,11-14,21,25,27,32H,2,4,7,10,15-20H2,1H3,(H,33,34)(H,35,37)/p+1/t25?,27-/m0/s1. The van der Waals surface area contributed by atoms with Gasteiger partial charge in [-0.2, -0.15) is 0 Å². The van der Waals surface area contributed by atoms with Crippen molar-refractivity contribution in [2.24, 2.45) is 0 Å². The topological polar surface area (TPSA) is 88.1 Å². The van der Waals surface area contributed by atoms with Gasteiger partial charge in [0.2, 0.25) is 5.91 Å². The van der Waals surface area contributed by atoms with E-state index in [1.165, 1.54) is 11.1 Å². The number of H-pyrrole nitrogens is 2. The van der Waals surface area contributed by atoms with Crippen molar-refractivity contribution in [3.63, 3.8) is 0 Å². The van der Waals surface area contributed by atoms with Crippen LogP contribution in [0.2, 0.25) is 0 Å². The number of fused-ring (bicyclic) bond motifs is 2. The van der Waals surface area contributed by atoms with Gasteiger partial charge in [-0.15, -0.1) is 0 Å². The number of aromatic nitrogens is 2. The molecule has 1 unspecified atom stereocenters. The van der Waals surface area contributed by atoms with Crippen LogP contribution in [0, 0.1) is 0 Å². The second kappa shape index (κ2) is 11.4. The second-order valence-corrected chi connectivity index (χ2v) is 10.8. The van der Waals surface area contributed by atoms with Gasteiger partial charge in [-0.05, 0) is 68.7 Å². The SMILES string of the molecule is CC(=O)CCCCC[C@H](NC(=O)C1CC2(CCNCC2)c2ccccc21)c1[nH]c(-c2ccccc2)c[nH+]1. The molecule has 194 valence electrons. The van der Waals surface area contributed by atoms with Gasteiger partial charge < -0.3 is 15.4 Å². The molecule has 1 aliphatic heterocycles. The fraction of sp³-hybridized carbons (Fsp3) is 0.452. The minimum absolute atomic E-state index is 0.102. The summed E-state index contributed by atoms with van der Waals surface area (Å²) in [5.74, 6) is 1.14. The first-order chi connectivity index (χ1) is 18.1. The second-order valence-electron chi connectivity index (χ2n) is 10.8. The number of imidazole rings is 1. The van der Waals surface area contributed by atoms with Crippen LogP contribution in [-0.2, 0) is 15.0 Å². The average Bonchev–Trinajstić information content (AvgIpc) is 3.53. The van der Waals surface area contributed by atoms with E-state index in [0.717, 1.165) is 75.1 Å². The molecule has 0 saturated carbocycles. The predicted molar refractivity (Wildman–Crippen MR) is 145 cm³/mol. The van der Waals surface area contributed by atoms with Crippen LogP contribution < -0.4 is 15.6 Å². The number of carbonyl (C=O) groups excluding carboxylic acids is 2. The highest BCUT2D eigenvalue weighted by molar-refractivity contribution is 5.86. The Bertz CT molecular complexity index is 1210. The summed E-state index contributed by atoms with van der Waals surface area (Å²) in [5, 5.41) is 6.91. The lowest BCUT2D eigenvalue weighted by molar-refractivity contribution is -0.391. The summed E-state index contributed by atoms with van der Waals surface area (Å²) in [5.41, 5.74) is 4.78. The summed E-state index contributed by atoms with van der Waals surface area (Å²) in [7, 11) is 0. The number of Topliss-reactive ketones (excluding diaryl/α,β-unsaturated/α-hetero) is 1. The van der Waals surface area contributed by atoms with Gasteiger partial charge in [-0.1, -0.05) is 67.4 Å². The van der Waals surface area contributed by atoms with E-state index in [4.69, 9.17) is 0 Å². The first kappa shape index (κ1) is 25.4. The van der Waals surface area contributed by atoms with E-state index in [1.807, 2.05) is 24.4 Å². The minimum Gasteiger partial charge on any atom is -0.341 e. The Balaban J connectivity index is 1.34. The summed E-state index contributed by atoms with van der Waals surface area (Å²) >= 11 is 0. The highest BCUT2D eigenvalue weighted by atomic mass is 16.2. The molecule has 1 saturated heterocycles. The number of ketones is 1. The fourth-order valence-corrected chi connectivity index (χ4v) is 6.30. The number of benzene rings is 2. The molecule has 37 heavy (non-hydrogen) atoms. The maximum Gasteiger partial charge on any atom is 0.275 e. The molecular weight excluding hydrogens is 460 g/mol. The first-order valence-electron chi connectivity index (χ1n) is 13.8. The molecule has 3 aromatic rings. The Hall–Kier alpha value is -3.25. The largest absolute Gasteiger partial charge is 0.341 e. The van der Waals surface area contributed by atoms with Crippen molar-refractivity contribution >= 4 is 11.7 Å². The Morgan fingerprint density at radius 1 is 1.03 bits per heavy atom. The molecule has 5 rings (SSSR count). The number of amides is 1. The summed E-state index contributed by atoms with van der Waals surface area (Å²) < 4.78 is 0. The van der Waals surface area contributed by atoms with Crippen molar-refractivity contribution in [1.82, 2.24) is 15.6 Å². The number of piperidine rings is 1. The lowest BCUT2D eigenvalue weighted by Gasteiger charge is -2.35. The number of nitrogens with one attached hydrogen (secondary N) is 4. The highest BCUT2D eigenvalue weighted by Crippen LogP contribution is 2.51. The fourth-order valence-electron chi connectivity index (χ4n) is 6.30. The lowest BCUT2D eigenvalue weighted by Crippen LogP contribution is -2.39. The molecule has 2 aliphatic rings. The zero-order valence-corrected chi connectivity index (χ0v) is 21.8. The average molecular weight is 500 g/mol. The predicted octanol–water partition coefficient (Wildman–Crippen LogP) is 5.00. The van der Waals surface area contributed by atoms with Gasteiger partial charge in [0.05, 0.1) is 5.92 Å². The quantitative estimate of drug-likeness (QED) is 0.343. The zero-order chi connectivity index (χ0) is 25.7. The van der Waals surface area contributed by atoms with E-state index >= 15 is 0 Å². The Labute approximate surface area is 219 Å². The summed E-state index contributed by atoms with van der Waals surface area (Å²) in [4.78, 5) is 32.2. The van der Waals surface area contributed by atoms with Crippen LogP contribution >= 0.6 is 0 Å². The van der Waals surface area contributed by atoms with Crippen LogP contribution in [0.5, 0.6) is 0 Å². The van der Waals surface area contributed by atoms with E-state index in [2.05, 4.69) is 57.0 Å². The van der Waals surface area contributed by atoms with E-state index in [0.29, 0.717) is 6.42 Å². The van der Waals surface area contributed by atoms with Crippen LogP contribution in [0.4, 0.5) is 0 Å². The Kier molecular flexibility index (Phi) is 7.85. The maximum absolute atomic E-state index is 13.9. The molecule has 1 aliphatic carbocycles. The first-order valence-corrected chi connectivity index (χ1v) is 13.8.